The van der Waals surface area contributed by atoms with Crippen LogP contribution in [0.25, 0.3) is 21.8 Å². The molecule has 0 aliphatic heterocycles. The number of H-pyrrole nitrogens is 1. The van der Waals surface area contributed by atoms with E-state index >= 15 is 0 Å². The van der Waals surface area contributed by atoms with E-state index in [9.17, 15) is 5.11 Å². The first-order valence-corrected chi connectivity index (χ1v) is 9.46. The van der Waals surface area contributed by atoms with E-state index < -0.39 is 30.3 Å². The van der Waals surface area contributed by atoms with Crippen LogP contribution >= 0.6 is 0 Å². The molecule has 0 aliphatic carbocycles. The number of benzene rings is 3. The van der Waals surface area contributed by atoms with Crippen LogP contribution in [0, 0.1) is 0 Å². The Kier molecular flexibility index (Phi) is 4.17. The second-order valence-corrected chi connectivity index (χ2v) is 6.50. The summed E-state index contributed by atoms with van der Waals surface area (Å²) in [6.07, 6.45) is -0.996. The van der Waals surface area contributed by atoms with Crippen LogP contribution in [-0.4, -0.2) is 49.6 Å². The van der Waals surface area contributed by atoms with Gasteiger partial charge in [-0.1, -0.05) is 36.3 Å². The van der Waals surface area contributed by atoms with Crippen LogP contribution in [0.1, 0.15) is 9.60 Å². The molecule has 0 saturated carbocycles. The Hall–Kier alpha value is -3.22. The van der Waals surface area contributed by atoms with Crippen molar-refractivity contribution >= 4 is 21.8 Å². The number of aromatic nitrogens is 1. The third-order valence-corrected chi connectivity index (χ3v) is 4.43. The number of fused-ring (bicyclic) bond motifs is 3. The molecule has 0 aliphatic rings. The summed E-state index contributed by atoms with van der Waals surface area (Å²) in [4.78, 5) is 2.81. The van der Waals surface area contributed by atoms with Crippen LogP contribution in [0.2, 0.25) is 0 Å². The Morgan fingerprint density at radius 1 is 1.00 bits per heavy atom. The van der Waals surface area contributed by atoms with Crippen molar-refractivity contribution in [1.29, 1.82) is 0 Å². The number of aromatic amines is 1. The Labute approximate surface area is 185 Å². The fourth-order valence-corrected chi connectivity index (χ4v) is 3.03. The van der Waals surface area contributed by atoms with E-state index in [1.165, 1.54) is 0 Å². The van der Waals surface area contributed by atoms with Gasteiger partial charge in [-0.2, -0.15) is 0 Å². The zero-order valence-corrected chi connectivity index (χ0v) is 16.4. The number of aliphatic hydroxyl groups excluding tert-OH is 1. The van der Waals surface area contributed by atoms with Crippen LogP contribution in [0.5, 0.6) is 17.2 Å². The lowest BCUT2D eigenvalue weighted by molar-refractivity contribution is 0.106. The van der Waals surface area contributed by atoms with Crippen molar-refractivity contribution in [2.45, 2.75) is 6.10 Å². The van der Waals surface area contributed by atoms with Crippen LogP contribution in [-0.2, 0) is 0 Å². The maximum Gasteiger partial charge on any atom is 0.161 e. The standard InChI is InChI=1S/C24H26N2O4/c1-28-21-10-4-5-11-22(21)29-14-13-25-15-17(27)16-30-23-12-6-9-20-24(23)18-7-2-3-8-19(18)26-20/h2-12,17,25-27H,13-16H2,1H3/i2D,3D,6D,7D,8D,9D,12D. The summed E-state index contributed by atoms with van der Waals surface area (Å²) < 4.78 is 73.8. The quantitative estimate of drug-likeness (QED) is 0.345. The highest BCUT2D eigenvalue weighted by molar-refractivity contribution is 6.10. The maximum atomic E-state index is 10.4. The lowest BCUT2D eigenvalue weighted by Crippen LogP contribution is -2.33. The molecule has 0 amide bonds. The molecule has 0 fully saturated rings. The Morgan fingerprint density at radius 3 is 2.67 bits per heavy atom. The minimum absolute atomic E-state index is 0.0570. The molecule has 0 spiro atoms. The average molecular weight is 414 g/mol. The SMILES string of the molecule is [2H]c1c([2H])c([2H])c2c([nH]c3c([2H])c([2H])c([2H])c(OCC(O)CNCCOc4ccccc4OC)c32)c1[2H]. The summed E-state index contributed by atoms with van der Waals surface area (Å²) in [6.45, 7) is 0.634. The molecule has 1 atom stereocenters. The fraction of sp³-hybridized carbons (Fsp3) is 0.250. The smallest absolute Gasteiger partial charge is 0.161 e. The Morgan fingerprint density at radius 2 is 1.80 bits per heavy atom. The van der Waals surface area contributed by atoms with Gasteiger partial charge in [0.1, 0.15) is 25.1 Å². The van der Waals surface area contributed by atoms with Crippen LogP contribution < -0.4 is 19.5 Å². The highest BCUT2D eigenvalue weighted by Crippen LogP contribution is 2.33. The Balaban J connectivity index is 1.49. The van der Waals surface area contributed by atoms with Gasteiger partial charge in [0.25, 0.3) is 0 Å². The molecule has 6 nitrogen and oxygen atoms in total. The largest absolute Gasteiger partial charge is 0.493 e. The van der Waals surface area contributed by atoms with Crippen molar-refractivity contribution < 1.29 is 28.9 Å². The van der Waals surface area contributed by atoms with E-state index in [1.807, 2.05) is 12.1 Å². The van der Waals surface area contributed by atoms with Gasteiger partial charge in [-0.3, -0.25) is 0 Å². The van der Waals surface area contributed by atoms with Gasteiger partial charge in [-0.25, -0.2) is 0 Å². The van der Waals surface area contributed by atoms with Gasteiger partial charge in [0.2, 0.25) is 0 Å². The number of hydrogen-bond acceptors (Lipinski definition) is 5. The molecule has 156 valence electrons. The van der Waals surface area contributed by atoms with Crippen molar-refractivity contribution in [2.24, 2.45) is 0 Å². The average Bonchev–Trinajstić information content (AvgIpc) is 3.30. The second kappa shape index (κ2) is 9.52. The first kappa shape index (κ1) is 13.2. The monoisotopic (exact) mass is 413 g/mol. The van der Waals surface area contributed by atoms with Gasteiger partial charge >= 0.3 is 0 Å². The molecule has 1 heterocycles. The van der Waals surface area contributed by atoms with Crippen LogP contribution in [0.3, 0.4) is 0 Å². The van der Waals surface area contributed by atoms with Gasteiger partial charge < -0.3 is 29.6 Å². The summed E-state index contributed by atoms with van der Waals surface area (Å²) in [7, 11) is 1.56. The number of ether oxygens (including phenoxy) is 3. The maximum absolute atomic E-state index is 10.4. The van der Waals surface area contributed by atoms with Crippen molar-refractivity contribution in [1.82, 2.24) is 10.3 Å². The molecule has 0 bridgehead atoms. The second-order valence-electron chi connectivity index (χ2n) is 6.50. The van der Waals surface area contributed by atoms with Crippen molar-refractivity contribution in [2.75, 3.05) is 33.4 Å². The number of aliphatic hydroxyl groups is 1. The molecule has 4 aromatic rings. The van der Waals surface area contributed by atoms with Gasteiger partial charge in [0.15, 0.2) is 11.5 Å². The zero-order chi connectivity index (χ0) is 26.9. The molecule has 30 heavy (non-hydrogen) atoms. The molecule has 3 N–H and O–H groups in total. The van der Waals surface area contributed by atoms with E-state index in [0.29, 0.717) is 24.7 Å². The van der Waals surface area contributed by atoms with Crippen molar-refractivity contribution in [3.8, 4) is 17.2 Å². The summed E-state index contributed by atoms with van der Waals surface area (Å²) in [5.41, 5.74) is 0.126. The molecular formula is C24H26N2O4. The highest BCUT2D eigenvalue weighted by Gasteiger charge is 2.11. The van der Waals surface area contributed by atoms with Crippen molar-refractivity contribution in [3.63, 3.8) is 0 Å². The highest BCUT2D eigenvalue weighted by atomic mass is 16.5. The van der Waals surface area contributed by atoms with Gasteiger partial charge in [-0.05, 0) is 30.3 Å². The predicted molar refractivity (Wildman–Crippen MR) is 119 cm³/mol. The normalized spacial score (nSPS) is 15.5. The molecule has 3 aromatic carbocycles. The van der Waals surface area contributed by atoms with Gasteiger partial charge in [-0.15, -0.1) is 0 Å². The summed E-state index contributed by atoms with van der Waals surface area (Å²) in [6, 6.07) is 4.52. The minimum atomic E-state index is -0.996. The van der Waals surface area contributed by atoms with Crippen LogP contribution in [0.4, 0.5) is 0 Å². The molecule has 0 radical (unpaired) electrons. The lowest BCUT2D eigenvalue weighted by Gasteiger charge is -2.15. The fourth-order valence-electron chi connectivity index (χ4n) is 3.03. The molecule has 1 unspecified atom stereocenters. The number of rotatable bonds is 10. The number of nitrogens with one attached hydrogen (secondary N) is 2. The topological polar surface area (TPSA) is 75.7 Å². The third-order valence-electron chi connectivity index (χ3n) is 4.43. The zero-order valence-electron chi connectivity index (χ0n) is 23.4. The summed E-state index contributed by atoms with van der Waals surface area (Å²) in [5.74, 6) is 1.08. The van der Waals surface area contributed by atoms with Crippen LogP contribution in [0.15, 0.2) is 66.6 Å². The van der Waals surface area contributed by atoms with E-state index in [-0.39, 0.29) is 58.8 Å². The van der Waals surface area contributed by atoms with E-state index in [2.05, 4.69) is 10.3 Å². The first-order chi connectivity index (χ1) is 17.7. The molecule has 4 rings (SSSR count). The van der Waals surface area contributed by atoms with Gasteiger partial charge in [0, 0.05) is 29.4 Å². The van der Waals surface area contributed by atoms with E-state index in [1.54, 1.807) is 19.2 Å². The third kappa shape index (κ3) is 4.50. The Bertz CT molecular complexity index is 1460. The number of para-hydroxylation sites is 3. The van der Waals surface area contributed by atoms with Gasteiger partial charge in [0.05, 0.1) is 22.2 Å². The summed E-state index contributed by atoms with van der Waals surface area (Å²) in [5, 5.41) is 13.6. The van der Waals surface area contributed by atoms with Crippen molar-refractivity contribution in [3.05, 3.63) is 66.6 Å². The molecule has 0 saturated heterocycles. The molecule has 6 heteroatoms. The molecular weight excluding hydrogens is 380 g/mol. The number of methoxy groups -OCH3 is 1. The lowest BCUT2D eigenvalue weighted by atomic mass is 10.1. The molecule has 1 aromatic heterocycles. The summed E-state index contributed by atoms with van der Waals surface area (Å²) >= 11 is 0. The first-order valence-electron chi connectivity index (χ1n) is 13.0. The predicted octanol–water partition coefficient (Wildman–Crippen LogP) is 3.74. The van der Waals surface area contributed by atoms with E-state index in [0.717, 1.165) is 0 Å². The van der Waals surface area contributed by atoms with E-state index in [4.69, 9.17) is 23.8 Å². The minimum Gasteiger partial charge on any atom is -0.493 e. The number of hydrogen-bond donors (Lipinski definition) is 3.